The summed E-state index contributed by atoms with van der Waals surface area (Å²) in [6.07, 6.45) is 6.42. The van der Waals surface area contributed by atoms with Gasteiger partial charge < -0.3 is 10.2 Å². The molecule has 0 atom stereocenters. The predicted octanol–water partition coefficient (Wildman–Crippen LogP) is 4.10. The van der Waals surface area contributed by atoms with Crippen molar-refractivity contribution in [2.75, 3.05) is 0 Å². The van der Waals surface area contributed by atoms with E-state index in [1.165, 1.54) is 18.6 Å². The average Bonchev–Trinajstić information content (AvgIpc) is 2.67. The Morgan fingerprint density at radius 1 is 1.08 bits per heavy atom. The van der Waals surface area contributed by atoms with Gasteiger partial charge in [0.1, 0.15) is 18.2 Å². The van der Waals surface area contributed by atoms with Gasteiger partial charge in [-0.2, -0.15) is 0 Å². The van der Waals surface area contributed by atoms with E-state index in [4.69, 9.17) is 4.74 Å². The Labute approximate surface area is 146 Å². The number of ether oxygens (including phenoxy) is 1. The van der Waals surface area contributed by atoms with Gasteiger partial charge in [0.2, 0.25) is 0 Å². The normalized spacial score (nSPS) is 13.7. The van der Waals surface area contributed by atoms with Gasteiger partial charge in [-0.05, 0) is 55.5 Å². The number of hydrazine groups is 1. The number of nitrogens with one attached hydrogen (secondary N) is 2. The molecule has 0 bridgehead atoms. The number of hydrogen-bond donors (Lipinski definition) is 2. The fraction of sp³-hybridized carbons (Fsp3) is 0.250. The van der Waals surface area contributed by atoms with E-state index in [0.717, 1.165) is 30.5 Å². The van der Waals surface area contributed by atoms with E-state index >= 15 is 0 Å². The number of benzene rings is 2. The maximum absolute atomic E-state index is 13.0. The molecule has 4 nitrogen and oxygen atoms in total. The van der Waals surface area contributed by atoms with Gasteiger partial charge in [-0.25, -0.2) is 4.39 Å². The van der Waals surface area contributed by atoms with Crippen molar-refractivity contribution in [2.24, 2.45) is 0 Å². The van der Waals surface area contributed by atoms with Crippen molar-refractivity contribution in [1.82, 2.24) is 10.9 Å². The zero-order valence-corrected chi connectivity index (χ0v) is 13.9. The summed E-state index contributed by atoms with van der Waals surface area (Å²) in [7, 11) is 0. The third kappa shape index (κ3) is 4.83. The fourth-order valence-corrected chi connectivity index (χ4v) is 2.68. The minimum atomic E-state index is -0.286. The maximum Gasteiger partial charge on any atom is 0.273 e. The largest absolute Gasteiger partial charge is 0.488 e. The van der Waals surface area contributed by atoms with Crippen LogP contribution in [0, 0.1) is 5.82 Å². The van der Waals surface area contributed by atoms with Crippen molar-refractivity contribution in [3.63, 3.8) is 0 Å². The van der Waals surface area contributed by atoms with E-state index in [-0.39, 0.29) is 18.3 Å². The number of amides is 1. The lowest BCUT2D eigenvalue weighted by Gasteiger charge is -2.16. The molecule has 1 amide bonds. The van der Waals surface area contributed by atoms with E-state index in [1.807, 2.05) is 6.07 Å². The maximum atomic E-state index is 13.0. The highest BCUT2D eigenvalue weighted by Crippen LogP contribution is 2.20. The van der Waals surface area contributed by atoms with Gasteiger partial charge in [-0.3, -0.25) is 10.2 Å². The summed E-state index contributed by atoms with van der Waals surface area (Å²) in [4.78, 5) is 12.4. The topological polar surface area (TPSA) is 50.4 Å². The molecule has 0 spiro atoms. The fourth-order valence-electron chi connectivity index (χ4n) is 2.68. The van der Waals surface area contributed by atoms with Gasteiger partial charge in [0.15, 0.2) is 0 Å². The van der Waals surface area contributed by atoms with Crippen LogP contribution in [-0.2, 0) is 6.61 Å². The van der Waals surface area contributed by atoms with Gasteiger partial charge in [-0.1, -0.05) is 30.3 Å². The van der Waals surface area contributed by atoms with Crippen LogP contribution < -0.4 is 15.6 Å². The van der Waals surface area contributed by atoms with Crippen LogP contribution in [0.15, 0.2) is 60.3 Å². The summed E-state index contributed by atoms with van der Waals surface area (Å²) in [6, 6.07) is 13.2. The number of halogens is 1. The van der Waals surface area contributed by atoms with Crippen LogP contribution in [0.4, 0.5) is 4.39 Å². The monoisotopic (exact) mass is 340 g/mol. The van der Waals surface area contributed by atoms with Crippen molar-refractivity contribution in [3.05, 3.63) is 77.2 Å². The SMILES string of the molecule is O=C(NNC1=CCCCC1)c1ccccc1OCc1ccc(F)cc1. The van der Waals surface area contributed by atoms with Gasteiger partial charge in [0, 0.05) is 5.70 Å². The van der Waals surface area contributed by atoms with Crippen LogP contribution in [-0.4, -0.2) is 5.91 Å². The Morgan fingerprint density at radius 2 is 1.88 bits per heavy atom. The zero-order valence-electron chi connectivity index (χ0n) is 13.9. The molecule has 1 aliphatic carbocycles. The predicted molar refractivity (Wildman–Crippen MR) is 94.3 cm³/mol. The molecule has 3 rings (SSSR count). The van der Waals surface area contributed by atoms with E-state index in [2.05, 4.69) is 16.9 Å². The molecule has 0 unspecified atom stereocenters. The molecule has 0 saturated carbocycles. The van der Waals surface area contributed by atoms with E-state index in [0.29, 0.717) is 11.3 Å². The minimum Gasteiger partial charge on any atom is -0.488 e. The molecule has 2 aromatic rings. The number of para-hydroxylation sites is 1. The second-order valence-electron chi connectivity index (χ2n) is 5.97. The molecular formula is C20H21FN2O2. The molecule has 0 heterocycles. The summed E-state index contributed by atoms with van der Waals surface area (Å²) in [5, 5.41) is 0. The van der Waals surface area contributed by atoms with Crippen LogP contribution in [0.1, 0.15) is 41.6 Å². The van der Waals surface area contributed by atoms with Crippen LogP contribution in [0.2, 0.25) is 0 Å². The first-order chi connectivity index (χ1) is 12.2. The highest BCUT2D eigenvalue weighted by Gasteiger charge is 2.13. The summed E-state index contributed by atoms with van der Waals surface area (Å²) in [6.45, 7) is 0.267. The number of rotatable bonds is 6. The number of carbonyl (C=O) groups excluding carboxylic acids is 1. The molecule has 0 aliphatic heterocycles. The summed E-state index contributed by atoms with van der Waals surface area (Å²) in [5.41, 5.74) is 8.05. The van der Waals surface area contributed by atoms with Crippen molar-refractivity contribution in [1.29, 1.82) is 0 Å². The average molecular weight is 340 g/mol. The molecule has 1 aliphatic rings. The van der Waals surface area contributed by atoms with Crippen LogP contribution >= 0.6 is 0 Å². The summed E-state index contributed by atoms with van der Waals surface area (Å²) < 4.78 is 18.7. The van der Waals surface area contributed by atoms with Crippen LogP contribution in [0.5, 0.6) is 5.75 Å². The highest BCUT2D eigenvalue weighted by molar-refractivity contribution is 5.96. The van der Waals surface area contributed by atoms with Crippen molar-refractivity contribution >= 4 is 5.91 Å². The lowest BCUT2D eigenvalue weighted by Crippen LogP contribution is -2.37. The Hall–Kier alpha value is -2.82. The summed E-state index contributed by atoms with van der Waals surface area (Å²) >= 11 is 0. The number of allylic oxidation sites excluding steroid dienone is 2. The molecule has 0 aromatic heterocycles. The Bertz CT molecular complexity index is 757. The third-order valence-electron chi connectivity index (χ3n) is 4.07. The Kier molecular flexibility index (Phi) is 5.67. The first-order valence-electron chi connectivity index (χ1n) is 8.44. The first-order valence-corrected chi connectivity index (χ1v) is 8.44. The van der Waals surface area contributed by atoms with E-state index in [1.54, 1.807) is 30.3 Å². The molecule has 5 heteroatoms. The second kappa shape index (κ2) is 8.33. The quantitative estimate of drug-likeness (QED) is 0.779. The standard InChI is InChI=1S/C20H21FN2O2/c21-16-12-10-15(11-13-16)14-25-19-9-5-4-8-18(19)20(24)23-22-17-6-2-1-3-7-17/h4-6,8-13,22H,1-3,7,14H2,(H,23,24). The van der Waals surface area contributed by atoms with Crippen molar-refractivity contribution in [3.8, 4) is 5.75 Å². The van der Waals surface area contributed by atoms with Gasteiger partial charge in [-0.15, -0.1) is 0 Å². The minimum absolute atomic E-state index is 0.249. The van der Waals surface area contributed by atoms with Crippen molar-refractivity contribution in [2.45, 2.75) is 32.3 Å². The molecule has 0 saturated heterocycles. The third-order valence-corrected chi connectivity index (χ3v) is 4.07. The van der Waals surface area contributed by atoms with E-state index < -0.39 is 0 Å². The molecule has 2 aromatic carbocycles. The van der Waals surface area contributed by atoms with Gasteiger partial charge in [0.25, 0.3) is 5.91 Å². The molecule has 25 heavy (non-hydrogen) atoms. The molecule has 130 valence electrons. The van der Waals surface area contributed by atoms with Gasteiger partial charge in [0.05, 0.1) is 5.56 Å². The molecule has 0 radical (unpaired) electrons. The Morgan fingerprint density at radius 3 is 2.64 bits per heavy atom. The second-order valence-corrected chi connectivity index (χ2v) is 5.97. The first kappa shape index (κ1) is 17.0. The molecular weight excluding hydrogens is 319 g/mol. The Balaban J connectivity index is 1.62. The lowest BCUT2D eigenvalue weighted by molar-refractivity contribution is 0.0933. The number of carbonyl (C=O) groups is 1. The van der Waals surface area contributed by atoms with Crippen LogP contribution in [0.3, 0.4) is 0 Å². The number of hydrogen-bond acceptors (Lipinski definition) is 3. The molecule has 2 N–H and O–H groups in total. The summed E-state index contributed by atoms with van der Waals surface area (Å²) in [5.74, 6) is -0.0449. The zero-order chi connectivity index (χ0) is 17.5. The smallest absolute Gasteiger partial charge is 0.273 e. The van der Waals surface area contributed by atoms with E-state index in [9.17, 15) is 9.18 Å². The molecule has 0 fully saturated rings. The lowest BCUT2D eigenvalue weighted by atomic mass is 10.1. The van der Waals surface area contributed by atoms with Crippen LogP contribution in [0.25, 0.3) is 0 Å². The van der Waals surface area contributed by atoms with Crippen molar-refractivity contribution < 1.29 is 13.9 Å². The van der Waals surface area contributed by atoms with Gasteiger partial charge >= 0.3 is 0 Å². The highest BCUT2D eigenvalue weighted by atomic mass is 19.1.